The van der Waals surface area contributed by atoms with E-state index in [-0.39, 0.29) is 21.7 Å². The molecule has 0 N–H and O–H groups in total. The zero-order valence-electron chi connectivity index (χ0n) is 26.5. The predicted molar refractivity (Wildman–Crippen MR) is 186 cm³/mol. The van der Waals surface area contributed by atoms with Gasteiger partial charge in [0.05, 0.1) is 0 Å². The maximum absolute atomic E-state index is 6.45. The second-order valence-corrected chi connectivity index (χ2v) is 12.3. The first-order valence-electron chi connectivity index (χ1n) is 14.7. The van der Waals surface area contributed by atoms with Gasteiger partial charge in [-0.15, -0.1) is 6.42 Å². The Labute approximate surface area is 277 Å². The molecular weight excluding hydrogens is 572 g/mol. The van der Waals surface area contributed by atoms with Gasteiger partial charge in [-0.2, -0.15) is 11.6 Å². The van der Waals surface area contributed by atoms with Crippen LogP contribution in [0.15, 0.2) is 139 Å². The van der Waals surface area contributed by atoms with Gasteiger partial charge in [0, 0.05) is 42.4 Å². The molecule has 0 unspecified atom stereocenters. The van der Waals surface area contributed by atoms with Crippen LogP contribution in [-0.2, 0) is 21.7 Å². The summed E-state index contributed by atoms with van der Waals surface area (Å²) in [6, 6.07) is 39.1. The molecule has 0 bridgehead atoms. The average Bonchev–Trinajstić information content (AvgIpc) is 3.56. The van der Waals surface area contributed by atoms with Gasteiger partial charge in [-0.05, 0) is 30.2 Å². The molecule has 1 nitrogen and oxygen atoms in total. The number of para-hydroxylation sites is 1. The van der Waals surface area contributed by atoms with Crippen LogP contribution in [0, 0.1) is 18.4 Å². The molecule has 5 rings (SSSR count). The molecule has 0 amide bonds. The molecule has 1 radical (unpaired) electrons. The number of hydrogen-bond acceptors (Lipinski definition) is 1. The minimum absolute atomic E-state index is 0. The quantitative estimate of drug-likeness (QED) is 0.0689. The average molecular weight is 617 g/mol. The molecule has 0 fully saturated rings. The Morgan fingerprint density at radius 3 is 1.72 bits per heavy atom. The van der Waals surface area contributed by atoms with Crippen molar-refractivity contribution in [3.05, 3.63) is 167 Å². The third-order valence-electron chi connectivity index (χ3n) is 6.41. The van der Waals surface area contributed by atoms with Gasteiger partial charge in [0.2, 0.25) is 0 Å². The third kappa shape index (κ3) is 12.4. The van der Waals surface area contributed by atoms with E-state index in [1.165, 1.54) is 11.1 Å². The molecule has 1 aliphatic rings. The maximum Gasteiger partial charge on any atom is 0.142 e. The van der Waals surface area contributed by atoms with Crippen molar-refractivity contribution < 1.29 is 26.5 Å². The first kappa shape index (κ1) is 35.8. The minimum Gasteiger partial charge on any atom is -0.456 e. The summed E-state index contributed by atoms with van der Waals surface area (Å²) >= 11 is 0. The molecule has 0 spiro atoms. The summed E-state index contributed by atoms with van der Waals surface area (Å²) in [6.45, 7) is 13.2. The summed E-state index contributed by atoms with van der Waals surface area (Å²) in [5.74, 6) is 1.64. The number of allylic oxidation sites excluding steroid dienone is 6. The zero-order chi connectivity index (χ0) is 30.2. The van der Waals surface area contributed by atoms with Gasteiger partial charge in [-0.3, -0.25) is 6.08 Å². The van der Waals surface area contributed by atoms with E-state index in [1.54, 1.807) is 0 Å². The standard InChI is InChI=1S/C29H24O.C9H13.C2H7Si.Ti/c1-23-17-19-24(20-18-23)21-22-28(25-11-5-2-6-12-25)29(26-13-7-3-8-14-26)30-27-15-9-4-10-16-27;1-9(2,3)8-6-4-5-7-8;1-3-2;/h2-22H,1H3;6-7H,4H2,1-3H3;3H,1-2H3;/q;-1;;. The van der Waals surface area contributed by atoms with E-state index in [4.69, 9.17) is 4.74 Å². The maximum atomic E-state index is 6.45. The molecule has 0 saturated carbocycles. The Morgan fingerprint density at radius 1 is 0.744 bits per heavy atom. The molecule has 0 atom stereocenters. The molecular formula is C40H44OSiTi-. The van der Waals surface area contributed by atoms with Gasteiger partial charge in [0.25, 0.3) is 0 Å². The van der Waals surface area contributed by atoms with Gasteiger partial charge >= 0.3 is 0 Å². The van der Waals surface area contributed by atoms with Gasteiger partial charge in [0.15, 0.2) is 0 Å². The third-order valence-corrected chi connectivity index (χ3v) is 6.41. The van der Waals surface area contributed by atoms with Crippen LogP contribution in [0.3, 0.4) is 0 Å². The minimum atomic E-state index is 0. The predicted octanol–water partition coefficient (Wildman–Crippen LogP) is 10.9. The van der Waals surface area contributed by atoms with E-state index in [0.29, 0.717) is 5.41 Å². The molecule has 43 heavy (non-hydrogen) atoms. The van der Waals surface area contributed by atoms with Crippen LogP contribution in [0.1, 0.15) is 49.4 Å². The van der Waals surface area contributed by atoms with Gasteiger partial charge < -0.3 is 4.74 Å². The summed E-state index contributed by atoms with van der Waals surface area (Å²) in [4.78, 5) is 0. The van der Waals surface area contributed by atoms with Crippen LogP contribution >= 0.6 is 0 Å². The molecule has 3 heteroatoms. The molecule has 219 valence electrons. The van der Waals surface area contributed by atoms with Crippen LogP contribution in [0.2, 0.25) is 13.1 Å². The van der Waals surface area contributed by atoms with Gasteiger partial charge in [-0.25, -0.2) is 6.08 Å². The second-order valence-electron chi connectivity index (χ2n) is 11.2. The molecule has 4 aromatic carbocycles. The summed E-state index contributed by atoms with van der Waals surface area (Å²) < 4.78 is 6.45. The molecule has 0 aliphatic heterocycles. The van der Waals surface area contributed by atoms with Gasteiger partial charge in [0.1, 0.15) is 11.5 Å². The van der Waals surface area contributed by atoms with Crippen molar-refractivity contribution in [3.8, 4) is 5.75 Å². The SMILES string of the molecule is CC(C)(C)C1=CC[C-]=C1.C[SiH]C.Cc1ccc(C=CC(=C(Oc2ccccc2)c2ccccc2)c2ccccc2)cc1.[Ti]. The summed E-state index contributed by atoms with van der Waals surface area (Å²) in [6.07, 6.45) is 12.8. The van der Waals surface area contributed by atoms with Crippen molar-refractivity contribution in [2.45, 2.75) is 47.2 Å². The largest absolute Gasteiger partial charge is 0.456 e. The Balaban J connectivity index is 0.000000418. The topological polar surface area (TPSA) is 9.23 Å². The normalized spacial score (nSPS) is 12.6. The van der Waals surface area contributed by atoms with Crippen LogP contribution in [0.5, 0.6) is 5.75 Å². The van der Waals surface area contributed by atoms with E-state index in [1.807, 2.05) is 54.6 Å². The Bertz CT molecular complexity index is 1460. The van der Waals surface area contributed by atoms with E-state index in [2.05, 4.69) is 132 Å². The number of aryl methyl sites for hydroxylation is 1. The van der Waals surface area contributed by atoms with Crippen molar-refractivity contribution in [2.75, 3.05) is 0 Å². The van der Waals surface area contributed by atoms with Crippen molar-refractivity contribution in [2.24, 2.45) is 5.41 Å². The number of ether oxygens (including phenoxy) is 1. The number of hydrogen-bond donors (Lipinski definition) is 0. The summed E-state index contributed by atoms with van der Waals surface area (Å²) in [7, 11) is 0.750. The summed E-state index contributed by atoms with van der Waals surface area (Å²) in [5, 5.41) is 0. The van der Waals surface area contributed by atoms with Crippen molar-refractivity contribution in [1.29, 1.82) is 0 Å². The van der Waals surface area contributed by atoms with Crippen LogP contribution in [-0.4, -0.2) is 9.52 Å². The second kappa shape index (κ2) is 19.0. The summed E-state index contributed by atoms with van der Waals surface area (Å²) in [5.41, 5.74) is 7.33. The Morgan fingerprint density at radius 2 is 1.26 bits per heavy atom. The molecule has 0 heterocycles. The molecule has 4 aromatic rings. The van der Waals surface area contributed by atoms with E-state index in [0.717, 1.165) is 49.7 Å². The molecule has 0 saturated heterocycles. The van der Waals surface area contributed by atoms with Crippen molar-refractivity contribution in [3.63, 3.8) is 0 Å². The fraction of sp³-hybridized carbons (Fsp3) is 0.200. The van der Waals surface area contributed by atoms with Crippen LogP contribution in [0.25, 0.3) is 17.4 Å². The van der Waals surface area contributed by atoms with E-state index >= 15 is 0 Å². The van der Waals surface area contributed by atoms with Crippen molar-refractivity contribution >= 4 is 26.9 Å². The first-order chi connectivity index (χ1) is 20.3. The fourth-order valence-corrected chi connectivity index (χ4v) is 4.16. The monoisotopic (exact) mass is 616 g/mol. The van der Waals surface area contributed by atoms with Crippen molar-refractivity contribution in [1.82, 2.24) is 0 Å². The molecule has 1 aliphatic carbocycles. The van der Waals surface area contributed by atoms with Crippen LogP contribution in [0.4, 0.5) is 0 Å². The van der Waals surface area contributed by atoms with Crippen LogP contribution < -0.4 is 4.74 Å². The zero-order valence-corrected chi connectivity index (χ0v) is 29.2. The van der Waals surface area contributed by atoms with E-state index in [9.17, 15) is 0 Å². The first-order valence-corrected chi connectivity index (χ1v) is 17.0. The smallest absolute Gasteiger partial charge is 0.142 e. The van der Waals surface area contributed by atoms with Gasteiger partial charge in [-0.1, -0.05) is 160 Å². The Hall–Kier alpha value is -3.43. The molecule has 0 aromatic heterocycles. The number of rotatable bonds is 6. The fourth-order valence-electron chi connectivity index (χ4n) is 4.16. The number of benzene rings is 4. The Kier molecular flexibility index (Phi) is 15.8. The van der Waals surface area contributed by atoms with E-state index < -0.39 is 0 Å².